The zero-order valence-electron chi connectivity index (χ0n) is 14.4. The highest BCUT2D eigenvalue weighted by molar-refractivity contribution is 6.00. The van der Waals surface area contributed by atoms with Gasteiger partial charge in [0.2, 0.25) is 0 Å². The molecule has 23 heavy (non-hydrogen) atoms. The lowest BCUT2D eigenvalue weighted by Crippen LogP contribution is -2.42. The van der Waals surface area contributed by atoms with Gasteiger partial charge in [-0.1, -0.05) is 18.2 Å². The van der Waals surface area contributed by atoms with E-state index in [0.717, 1.165) is 5.56 Å². The van der Waals surface area contributed by atoms with E-state index < -0.39 is 0 Å². The Labute approximate surface area is 137 Å². The van der Waals surface area contributed by atoms with Gasteiger partial charge in [0.1, 0.15) is 5.75 Å². The van der Waals surface area contributed by atoms with E-state index in [1.807, 2.05) is 56.9 Å². The number of nitrogens with zero attached hydrogens (tertiary/aromatic N) is 2. The highest BCUT2D eigenvalue weighted by Gasteiger charge is 2.24. The van der Waals surface area contributed by atoms with E-state index in [1.165, 1.54) is 0 Å². The minimum absolute atomic E-state index is 0.00173. The molecule has 0 bridgehead atoms. The van der Waals surface area contributed by atoms with E-state index in [1.54, 1.807) is 19.1 Å². The maximum Gasteiger partial charge on any atom is 0.255 e. The van der Waals surface area contributed by atoms with Gasteiger partial charge in [-0.3, -0.25) is 4.79 Å². The third-order valence-electron chi connectivity index (χ3n) is 3.84. The second-order valence-corrected chi connectivity index (χ2v) is 6.25. The van der Waals surface area contributed by atoms with Crippen LogP contribution in [-0.2, 0) is 0 Å². The number of aromatic nitrogens is 1. The Morgan fingerprint density at radius 3 is 2.22 bits per heavy atom. The van der Waals surface area contributed by atoms with Gasteiger partial charge in [-0.25, -0.2) is 4.98 Å². The number of benzene rings is 1. The van der Waals surface area contributed by atoms with Crippen molar-refractivity contribution >= 4 is 5.91 Å². The summed E-state index contributed by atoms with van der Waals surface area (Å²) in [7, 11) is 0. The van der Waals surface area contributed by atoms with Crippen molar-refractivity contribution in [1.82, 2.24) is 9.88 Å². The molecule has 122 valence electrons. The fourth-order valence-corrected chi connectivity index (χ4v) is 2.80. The van der Waals surface area contributed by atoms with Crippen molar-refractivity contribution in [2.45, 2.75) is 46.7 Å². The first-order chi connectivity index (χ1) is 10.8. The quantitative estimate of drug-likeness (QED) is 0.927. The Morgan fingerprint density at radius 1 is 1.04 bits per heavy atom. The molecule has 1 aromatic carbocycles. The summed E-state index contributed by atoms with van der Waals surface area (Å²) in [6, 6.07) is 11.1. The fraction of sp³-hybridized carbons (Fsp3) is 0.368. The normalized spacial score (nSPS) is 11.1. The molecule has 1 aromatic heterocycles. The molecule has 0 saturated carbocycles. The van der Waals surface area contributed by atoms with E-state index in [0.29, 0.717) is 17.0 Å². The molecule has 0 fully saturated rings. The molecule has 0 unspecified atom stereocenters. The Kier molecular flexibility index (Phi) is 5.04. The topological polar surface area (TPSA) is 53.4 Å². The molecule has 1 N–H and O–H groups in total. The number of aromatic hydroxyl groups is 1. The zero-order chi connectivity index (χ0) is 17.1. The first-order valence-corrected chi connectivity index (χ1v) is 7.91. The van der Waals surface area contributed by atoms with Gasteiger partial charge >= 0.3 is 0 Å². The maximum atomic E-state index is 13.0. The minimum atomic E-state index is -0.00173. The number of pyridine rings is 1. The summed E-state index contributed by atoms with van der Waals surface area (Å²) in [5.41, 5.74) is 2.66. The third kappa shape index (κ3) is 3.52. The Balaban J connectivity index is 2.52. The van der Waals surface area contributed by atoms with Gasteiger partial charge in [0.05, 0.1) is 11.4 Å². The maximum absolute atomic E-state index is 13.0. The lowest BCUT2D eigenvalue weighted by atomic mass is 10.0. The van der Waals surface area contributed by atoms with E-state index in [-0.39, 0.29) is 23.7 Å². The zero-order valence-corrected chi connectivity index (χ0v) is 14.4. The van der Waals surface area contributed by atoms with Gasteiger partial charge in [-0.05, 0) is 52.8 Å². The number of hydrogen-bond acceptors (Lipinski definition) is 3. The predicted octanol–water partition coefficient (Wildman–Crippen LogP) is 4.02. The van der Waals surface area contributed by atoms with Crippen LogP contribution in [0.2, 0.25) is 0 Å². The fourth-order valence-electron chi connectivity index (χ4n) is 2.80. The molecule has 2 rings (SSSR count). The van der Waals surface area contributed by atoms with E-state index in [4.69, 9.17) is 0 Å². The Bertz CT molecular complexity index is 700. The first kappa shape index (κ1) is 17.0. The van der Waals surface area contributed by atoms with Crippen LogP contribution in [-0.4, -0.2) is 33.0 Å². The standard InChI is InChI=1S/C19H24N2O2/c1-12(2)21(13(3)4)19(23)16-9-7-6-8-15(16)17-10-11-18(22)14(5)20-17/h6-13,22H,1-5H3. The summed E-state index contributed by atoms with van der Waals surface area (Å²) < 4.78 is 0. The van der Waals surface area contributed by atoms with Crippen molar-refractivity contribution in [2.75, 3.05) is 0 Å². The summed E-state index contributed by atoms with van der Waals surface area (Å²) in [6.07, 6.45) is 0. The molecule has 0 spiro atoms. The van der Waals surface area contributed by atoms with Crippen LogP contribution in [0.15, 0.2) is 36.4 Å². The molecule has 4 heteroatoms. The van der Waals surface area contributed by atoms with E-state index >= 15 is 0 Å². The largest absolute Gasteiger partial charge is 0.506 e. The van der Waals surface area contributed by atoms with Gasteiger partial charge in [0, 0.05) is 23.2 Å². The van der Waals surface area contributed by atoms with Crippen LogP contribution in [0, 0.1) is 6.92 Å². The lowest BCUT2D eigenvalue weighted by Gasteiger charge is -2.31. The average molecular weight is 312 g/mol. The predicted molar refractivity (Wildman–Crippen MR) is 92.5 cm³/mol. The summed E-state index contributed by atoms with van der Waals surface area (Å²) in [5, 5.41) is 9.67. The third-order valence-corrected chi connectivity index (χ3v) is 3.84. The summed E-state index contributed by atoms with van der Waals surface area (Å²) in [6.45, 7) is 9.82. The van der Waals surface area contributed by atoms with E-state index in [9.17, 15) is 9.90 Å². The molecule has 0 aliphatic heterocycles. The Morgan fingerprint density at radius 2 is 1.65 bits per heavy atom. The summed E-state index contributed by atoms with van der Waals surface area (Å²) in [5.74, 6) is 0.154. The molecule has 4 nitrogen and oxygen atoms in total. The molecule has 0 saturated heterocycles. The SMILES string of the molecule is Cc1nc(-c2ccccc2C(=O)N(C(C)C)C(C)C)ccc1O. The monoisotopic (exact) mass is 312 g/mol. The second kappa shape index (κ2) is 6.82. The van der Waals surface area contributed by atoms with Crippen molar-refractivity contribution in [3.63, 3.8) is 0 Å². The molecular formula is C19H24N2O2. The smallest absolute Gasteiger partial charge is 0.255 e. The second-order valence-electron chi connectivity index (χ2n) is 6.25. The molecule has 1 amide bonds. The molecule has 1 heterocycles. The summed E-state index contributed by atoms with van der Waals surface area (Å²) in [4.78, 5) is 19.3. The van der Waals surface area contributed by atoms with Crippen molar-refractivity contribution < 1.29 is 9.90 Å². The first-order valence-electron chi connectivity index (χ1n) is 7.91. The van der Waals surface area contributed by atoms with Crippen molar-refractivity contribution in [2.24, 2.45) is 0 Å². The van der Waals surface area contributed by atoms with Crippen molar-refractivity contribution in [1.29, 1.82) is 0 Å². The van der Waals surface area contributed by atoms with Crippen LogP contribution in [0.1, 0.15) is 43.7 Å². The van der Waals surface area contributed by atoms with Crippen molar-refractivity contribution in [3.05, 3.63) is 47.7 Å². The van der Waals surface area contributed by atoms with Crippen LogP contribution in [0.4, 0.5) is 0 Å². The number of carbonyl (C=O) groups is 1. The van der Waals surface area contributed by atoms with Gasteiger partial charge in [-0.15, -0.1) is 0 Å². The van der Waals surface area contributed by atoms with Gasteiger partial charge in [0.25, 0.3) is 5.91 Å². The number of rotatable bonds is 4. The minimum Gasteiger partial charge on any atom is -0.506 e. The molecule has 2 aromatic rings. The van der Waals surface area contributed by atoms with Crippen LogP contribution in [0.25, 0.3) is 11.3 Å². The number of carbonyl (C=O) groups excluding carboxylic acids is 1. The van der Waals surface area contributed by atoms with Gasteiger partial charge < -0.3 is 10.0 Å². The van der Waals surface area contributed by atoms with Crippen LogP contribution < -0.4 is 0 Å². The van der Waals surface area contributed by atoms with E-state index in [2.05, 4.69) is 4.98 Å². The van der Waals surface area contributed by atoms with Gasteiger partial charge in [-0.2, -0.15) is 0 Å². The molecule has 0 aliphatic carbocycles. The van der Waals surface area contributed by atoms with Gasteiger partial charge in [0.15, 0.2) is 0 Å². The van der Waals surface area contributed by atoms with Crippen LogP contribution in [0.3, 0.4) is 0 Å². The summed E-state index contributed by atoms with van der Waals surface area (Å²) >= 11 is 0. The lowest BCUT2D eigenvalue weighted by molar-refractivity contribution is 0.0644. The highest BCUT2D eigenvalue weighted by atomic mass is 16.3. The molecule has 0 aliphatic rings. The number of hydrogen-bond donors (Lipinski definition) is 1. The molecule has 0 atom stereocenters. The number of aryl methyl sites for hydroxylation is 1. The Hall–Kier alpha value is -2.36. The highest BCUT2D eigenvalue weighted by Crippen LogP contribution is 2.27. The molecule has 0 radical (unpaired) electrons. The van der Waals surface area contributed by atoms with Crippen LogP contribution >= 0.6 is 0 Å². The van der Waals surface area contributed by atoms with Crippen molar-refractivity contribution in [3.8, 4) is 17.0 Å². The van der Waals surface area contributed by atoms with Crippen LogP contribution in [0.5, 0.6) is 5.75 Å². The molecular weight excluding hydrogens is 288 g/mol. The number of amides is 1. The average Bonchev–Trinajstić information content (AvgIpc) is 2.49.